The van der Waals surface area contributed by atoms with Crippen molar-refractivity contribution in [2.24, 2.45) is 0 Å². The summed E-state index contributed by atoms with van der Waals surface area (Å²) in [6.45, 7) is 1.70. The Morgan fingerprint density at radius 3 is 2.87 bits per heavy atom. The van der Waals surface area contributed by atoms with Crippen LogP contribution in [-0.2, 0) is 5.75 Å². The summed E-state index contributed by atoms with van der Waals surface area (Å²) in [6, 6.07) is 4.69. The first kappa shape index (κ1) is 12.5. The minimum absolute atomic E-state index is 0.227. The normalized spacial score (nSPS) is 12.8. The summed E-state index contributed by atoms with van der Waals surface area (Å²) in [6.07, 6.45) is -0.691. The molecular weight excluding hydrogens is 215 g/mol. The molecule has 0 aromatic heterocycles. The number of aryl methyl sites for hydroxylation is 1. The molecular formula is C11H15FO2S. The Morgan fingerprint density at radius 2 is 2.20 bits per heavy atom. The third kappa shape index (κ3) is 4.20. The van der Waals surface area contributed by atoms with Crippen LogP contribution >= 0.6 is 11.8 Å². The summed E-state index contributed by atoms with van der Waals surface area (Å²) in [5.74, 6) is 0.881. The van der Waals surface area contributed by atoms with E-state index >= 15 is 0 Å². The monoisotopic (exact) mass is 230 g/mol. The number of halogens is 1. The molecule has 2 nitrogen and oxygen atoms in total. The van der Waals surface area contributed by atoms with Crippen LogP contribution in [0.2, 0.25) is 0 Å². The first-order valence-electron chi connectivity index (χ1n) is 4.75. The molecule has 1 unspecified atom stereocenters. The molecule has 0 aliphatic carbocycles. The van der Waals surface area contributed by atoms with Crippen molar-refractivity contribution < 1.29 is 14.6 Å². The topological polar surface area (TPSA) is 40.5 Å². The van der Waals surface area contributed by atoms with Crippen molar-refractivity contribution >= 4 is 11.8 Å². The zero-order valence-electron chi connectivity index (χ0n) is 8.61. The van der Waals surface area contributed by atoms with Crippen LogP contribution in [0.15, 0.2) is 18.2 Å². The van der Waals surface area contributed by atoms with Crippen molar-refractivity contribution in [2.75, 3.05) is 12.4 Å². The van der Waals surface area contributed by atoms with E-state index in [9.17, 15) is 4.39 Å². The minimum Gasteiger partial charge on any atom is -0.394 e. The molecule has 0 heterocycles. The van der Waals surface area contributed by atoms with Crippen LogP contribution < -0.4 is 0 Å². The lowest BCUT2D eigenvalue weighted by molar-refractivity contribution is 0.113. The molecule has 15 heavy (non-hydrogen) atoms. The molecule has 0 fully saturated rings. The Kier molecular flexibility index (Phi) is 5.08. The summed E-state index contributed by atoms with van der Waals surface area (Å²) in [5.41, 5.74) is 1.98. The van der Waals surface area contributed by atoms with Gasteiger partial charge in [-0.15, -0.1) is 0 Å². The second-order valence-electron chi connectivity index (χ2n) is 3.42. The van der Waals surface area contributed by atoms with Gasteiger partial charge in [-0.1, -0.05) is 6.07 Å². The third-order valence-electron chi connectivity index (χ3n) is 2.09. The first-order valence-corrected chi connectivity index (χ1v) is 5.90. The van der Waals surface area contributed by atoms with E-state index in [1.807, 2.05) is 6.92 Å². The van der Waals surface area contributed by atoms with E-state index in [0.29, 0.717) is 11.5 Å². The van der Waals surface area contributed by atoms with Crippen molar-refractivity contribution in [1.82, 2.24) is 0 Å². The minimum atomic E-state index is -0.691. The summed E-state index contributed by atoms with van der Waals surface area (Å²) < 4.78 is 12.9. The maximum absolute atomic E-state index is 12.9. The maximum atomic E-state index is 12.9. The summed E-state index contributed by atoms with van der Waals surface area (Å²) in [4.78, 5) is 0. The van der Waals surface area contributed by atoms with Gasteiger partial charge in [0.2, 0.25) is 0 Å². The largest absolute Gasteiger partial charge is 0.394 e. The van der Waals surface area contributed by atoms with Crippen LogP contribution in [0.5, 0.6) is 0 Å². The Hall–Kier alpha value is -0.580. The number of hydrogen-bond acceptors (Lipinski definition) is 3. The van der Waals surface area contributed by atoms with Gasteiger partial charge in [-0.05, 0) is 30.2 Å². The second-order valence-corrected chi connectivity index (χ2v) is 4.45. The van der Waals surface area contributed by atoms with Gasteiger partial charge in [0.15, 0.2) is 0 Å². The number of aliphatic hydroxyl groups excluding tert-OH is 2. The van der Waals surface area contributed by atoms with Gasteiger partial charge >= 0.3 is 0 Å². The highest BCUT2D eigenvalue weighted by Gasteiger charge is 2.04. The van der Waals surface area contributed by atoms with Crippen LogP contribution in [-0.4, -0.2) is 28.7 Å². The summed E-state index contributed by atoms with van der Waals surface area (Å²) in [5, 5.41) is 17.7. The molecule has 0 amide bonds. The van der Waals surface area contributed by atoms with Crippen LogP contribution in [0, 0.1) is 12.7 Å². The molecule has 0 saturated heterocycles. The molecule has 0 saturated carbocycles. The van der Waals surface area contributed by atoms with Gasteiger partial charge in [-0.3, -0.25) is 0 Å². The highest BCUT2D eigenvalue weighted by molar-refractivity contribution is 7.98. The van der Waals surface area contributed by atoms with Crippen molar-refractivity contribution in [2.45, 2.75) is 18.8 Å². The summed E-state index contributed by atoms with van der Waals surface area (Å²) >= 11 is 1.49. The van der Waals surface area contributed by atoms with Crippen molar-refractivity contribution in [3.05, 3.63) is 35.1 Å². The molecule has 4 heteroatoms. The van der Waals surface area contributed by atoms with Crippen molar-refractivity contribution in [3.63, 3.8) is 0 Å². The lowest BCUT2D eigenvalue weighted by Gasteiger charge is -2.08. The molecule has 0 spiro atoms. The first-order chi connectivity index (χ1) is 7.13. The van der Waals surface area contributed by atoms with Gasteiger partial charge < -0.3 is 10.2 Å². The number of thioether (sulfide) groups is 1. The van der Waals surface area contributed by atoms with Crippen LogP contribution in [0.1, 0.15) is 11.1 Å². The van der Waals surface area contributed by atoms with Gasteiger partial charge in [-0.2, -0.15) is 11.8 Å². The molecule has 0 aliphatic rings. The Labute approximate surface area is 93.1 Å². The molecule has 1 rings (SSSR count). The van der Waals surface area contributed by atoms with Gasteiger partial charge in [0.05, 0.1) is 12.7 Å². The lowest BCUT2D eigenvalue weighted by atomic mass is 10.1. The fraction of sp³-hybridized carbons (Fsp3) is 0.455. The Morgan fingerprint density at radius 1 is 1.47 bits per heavy atom. The van der Waals surface area contributed by atoms with E-state index in [0.717, 1.165) is 11.1 Å². The molecule has 1 aromatic rings. The SMILES string of the molecule is Cc1ccc(F)cc1CSCC(O)CO. The van der Waals surface area contributed by atoms with E-state index in [1.54, 1.807) is 6.07 Å². The van der Waals surface area contributed by atoms with Crippen LogP contribution in [0.25, 0.3) is 0 Å². The molecule has 84 valence electrons. The van der Waals surface area contributed by atoms with Crippen LogP contribution in [0.3, 0.4) is 0 Å². The smallest absolute Gasteiger partial charge is 0.123 e. The predicted octanol–water partition coefficient (Wildman–Crippen LogP) is 1.72. The van der Waals surface area contributed by atoms with E-state index in [2.05, 4.69) is 0 Å². The molecule has 1 atom stereocenters. The molecule has 0 aliphatic heterocycles. The predicted molar refractivity (Wildman–Crippen MR) is 60.4 cm³/mol. The molecule has 0 bridgehead atoms. The zero-order chi connectivity index (χ0) is 11.3. The number of aliphatic hydroxyl groups is 2. The number of rotatable bonds is 5. The van der Waals surface area contributed by atoms with Gasteiger partial charge in [0.1, 0.15) is 5.82 Å². The number of hydrogen-bond donors (Lipinski definition) is 2. The third-order valence-corrected chi connectivity index (χ3v) is 3.23. The molecule has 0 radical (unpaired) electrons. The Bertz CT molecular complexity index is 317. The highest BCUT2D eigenvalue weighted by atomic mass is 32.2. The maximum Gasteiger partial charge on any atom is 0.123 e. The fourth-order valence-electron chi connectivity index (χ4n) is 1.15. The van der Waals surface area contributed by atoms with Gasteiger partial charge in [0, 0.05) is 11.5 Å². The van der Waals surface area contributed by atoms with Gasteiger partial charge in [-0.25, -0.2) is 4.39 Å². The summed E-state index contributed by atoms with van der Waals surface area (Å²) in [7, 11) is 0. The van der Waals surface area contributed by atoms with E-state index in [4.69, 9.17) is 10.2 Å². The highest BCUT2D eigenvalue weighted by Crippen LogP contribution is 2.17. The quantitative estimate of drug-likeness (QED) is 0.809. The average Bonchev–Trinajstić information content (AvgIpc) is 2.23. The average molecular weight is 230 g/mol. The van der Waals surface area contributed by atoms with E-state index in [1.165, 1.54) is 23.9 Å². The van der Waals surface area contributed by atoms with E-state index < -0.39 is 6.10 Å². The zero-order valence-corrected chi connectivity index (χ0v) is 9.43. The van der Waals surface area contributed by atoms with Gasteiger partial charge in [0.25, 0.3) is 0 Å². The van der Waals surface area contributed by atoms with Crippen molar-refractivity contribution in [1.29, 1.82) is 0 Å². The molecule has 2 N–H and O–H groups in total. The van der Waals surface area contributed by atoms with Crippen molar-refractivity contribution in [3.8, 4) is 0 Å². The van der Waals surface area contributed by atoms with E-state index in [-0.39, 0.29) is 12.4 Å². The molecule has 1 aromatic carbocycles. The second kappa shape index (κ2) is 6.10. The Balaban J connectivity index is 2.46. The standard InChI is InChI=1S/C11H15FO2S/c1-8-2-3-10(12)4-9(8)6-15-7-11(14)5-13/h2-4,11,13-14H,5-7H2,1H3. The lowest BCUT2D eigenvalue weighted by Crippen LogP contribution is -2.14. The fourth-order valence-corrected chi connectivity index (χ4v) is 2.18. The number of benzene rings is 1. The van der Waals surface area contributed by atoms with Crippen LogP contribution in [0.4, 0.5) is 4.39 Å².